The first-order valence-electron chi connectivity index (χ1n) is 12.3. The summed E-state index contributed by atoms with van der Waals surface area (Å²) in [5.41, 5.74) is 2.15. The SMILES string of the molecule is CCN1C(=O)N[C@@H](CCC(F)(F)F)CCSCCOc2nc(cn3ncnc23)-c2cc(ncc2OC)[C@H]1C. The van der Waals surface area contributed by atoms with Gasteiger partial charge in [-0.1, -0.05) is 0 Å². The third-order valence-electron chi connectivity index (χ3n) is 6.29. The molecule has 0 fully saturated rings. The quantitative estimate of drug-likeness (QED) is 0.503. The van der Waals surface area contributed by atoms with Gasteiger partial charge in [0.05, 0.1) is 43.5 Å². The van der Waals surface area contributed by atoms with Crippen LogP contribution in [0.5, 0.6) is 11.6 Å². The molecule has 0 aliphatic carbocycles. The molecule has 3 aromatic rings. The van der Waals surface area contributed by atoms with Crippen LogP contribution in [0, 0.1) is 0 Å². The summed E-state index contributed by atoms with van der Waals surface area (Å²) in [6, 6.07) is 0.238. The number of hydrogen-bond donors (Lipinski definition) is 1. The molecule has 0 saturated heterocycles. The molecule has 4 bridgehead atoms. The van der Waals surface area contributed by atoms with Crippen LogP contribution >= 0.6 is 11.8 Å². The molecule has 1 N–H and O–H groups in total. The minimum absolute atomic E-state index is 0.191. The molecular weight excluding hydrogens is 523 g/mol. The van der Waals surface area contributed by atoms with Crippen LogP contribution in [0.4, 0.5) is 18.0 Å². The zero-order valence-electron chi connectivity index (χ0n) is 21.4. The second-order valence-corrected chi connectivity index (χ2v) is 10.0. The highest BCUT2D eigenvalue weighted by atomic mass is 32.2. The molecule has 2 amide bonds. The maximum absolute atomic E-state index is 13.2. The van der Waals surface area contributed by atoms with E-state index >= 15 is 0 Å². The van der Waals surface area contributed by atoms with E-state index in [1.807, 2.05) is 13.8 Å². The number of methoxy groups -OCH3 is 1. The van der Waals surface area contributed by atoms with Gasteiger partial charge in [-0.2, -0.15) is 30.0 Å². The number of amides is 2. The minimum atomic E-state index is -4.30. The van der Waals surface area contributed by atoms with Crippen LogP contribution in [-0.2, 0) is 0 Å². The molecule has 0 aromatic carbocycles. The summed E-state index contributed by atoms with van der Waals surface area (Å²) in [7, 11) is 1.52. The molecule has 206 valence electrons. The van der Waals surface area contributed by atoms with Crippen molar-refractivity contribution in [2.45, 2.75) is 51.4 Å². The van der Waals surface area contributed by atoms with Crippen molar-refractivity contribution < 1.29 is 27.4 Å². The predicted octanol–water partition coefficient (Wildman–Crippen LogP) is 4.51. The first kappa shape index (κ1) is 27.7. The molecule has 2 atom stereocenters. The molecule has 0 radical (unpaired) electrons. The lowest BCUT2D eigenvalue weighted by Gasteiger charge is -2.30. The molecule has 0 unspecified atom stereocenters. The number of pyridine rings is 1. The summed E-state index contributed by atoms with van der Waals surface area (Å²) in [5, 5.41) is 7.06. The van der Waals surface area contributed by atoms with Crippen molar-refractivity contribution in [3.8, 4) is 22.9 Å². The van der Waals surface area contributed by atoms with Crippen molar-refractivity contribution >= 4 is 23.4 Å². The zero-order chi connectivity index (χ0) is 27.3. The maximum atomic E-state index is 13.2. The molecule has 4 rings (SSSR count). The van der Waals surface area contributed by atoms with Crippen molar-refractivity contribution in [1.82, 2.24) is 34.8 Å². The standard InChI is InChI=1S/C24H30F3N7O3S/c1-4-33-15(2)18-11-17(20(36-3)12-28-18)19-13-34-21(29-14-30-34)22(32-19)37-8-10-38-9-6-16(31-23(33)35)5-7-24(25,26)27/h11-16H,4-10H2,1-3H3,(H,31,35)/t15-,16+/m1/s1. The number of hydrogen-bond acceptors (Lipinski definition) is 8. The van der Waals surface area contributed by atoms with E-state index in [0.717, 1.165) is 0 Å². The first-order valence-corrected chi connectivity index (χ1v) is 13.4. The number of alkyl halides is 3. The van der Waals surface area contributed by atoms with E-state index in [-0.39, 0.29) is 6.42 Å². The summed E-state index contributed by atoms with van der Waals surface area (Å²) in [5.74, 6) is 1.90. The predicted molar refractivity (Wildman–Crippen MR) is 136 cm³/mol. The van der Waals surface area contributed by atoms with Crippen LogP contribution in [0.2, 0.25) is 0 Å². The Labute approximate surface area is 222 Å². The van der Waals surface area contributed by atoms with Gasteiger partial charge in [-0.05, 0) is 38.5 Å². The molecule has 0 spiro atoms. The van der Waals surface area contributed by atoms with Crippen LogP contribution in [0.3, 0.4) is 0 Å². The normalized spacial score (nSPS) is 19.5. The molecule has 14 heteroatoms. The van der Waals surface area contributed by atoms with Crippen molar-refractivity contribution in [1.29, 1.82) is 0 Å². The van der Waals surface area contributed by atoms with E-state index in [2.05, 4.69) is 25.4 Å². The average molecular weight is 554 g/mol. The molecule has 3 aromatic heterocycles. The van der Waals surface area contributed by atoms with E-state index in [0.29, 0.717) is 65.3 Å². The van der Waals surface area contributed by atoms with Crippen LogP contribution < -0.4 is 14.8 Å². The highest BCUT2D eigenvalue weighted by molar-refractivity contribution is 7.99. The lowest BCUT2D eigenvalue weighted by molar-refractivity contribution is -0.136. The molecule has 4 heterocycles. The van der Waals surface area contributed by atoms with Gasteiger partial charge in [0.1, 0.15) is 12.1 Å². The summed E-state index contributed by atoms with van der Waals surface area (Å²) in [6.45, 7) is 4.27. The third-order valence-corrected chi connectivity index (χ3v) is 7.27. The van der Waals surface area contributed by atoms with Gasteiger partial charge < -0.3 is 19.7 Å². The number of aromatic nitrogens is 5. The highest BCUT2D eigenvalue weighted by Gasteiger charge is 2.30. The van der Waals surface area contributed by atoms with E-state index < -0.39 is 30.7 Å². The number of fused-ring (bicyclic) bond motifs is 7. The smallest absolute Gasteiger partial charge is 0.389 e. The summed E-state index contributed by atoms with van der Waals surface area (Å²) in [6.07, 6.45) is -0.391. The van der Waals surface area contributed by atoms with Crippen molar-refractivity contribution in [2.24, 2.45) is 0 Å². The fourth-order valence-corrected chi connectivity index (χ4v) is 5.10. The number of carbonyl (C=O) groups is 1. The van der Waals surface area contributed by atoms with Crippen LogP contribution in [0.25, 0.3) is 16.9 Å². The molecular formula is C24H30F3N7O3S. The number of halogens is 3. The van der Waals surface area contributed by atoms with Crippen LogP contribution in [0.1, 0.15) is 44.8 Å². The van der Waals surface area contributed by atoms with Gasteiger partial charge >= 0.3 is 12.2 Å². The fourth-order valence-electron chi connectivity index (χ4n) is 4.24. The minimum Gasteiger partial charge on any atom is -0.494 e. The topological polar surface area (TPSA) is 107 Å². The molecule has 1 aliphatic rings. The van der Waals surface area contributed by atoms with Gasteiger partial charge in [0, 0.05) is 30.3 Å². The van der Waals surface area contributed by atoms with Crippen LogP contribution in [-0.4, -0.2) is 79.5 Å². The first-order chi connectivity index (χ1) is 18.2. The van der Waals surface area contributed by atoms with E-state index in [1.165, 1.54) is 25.2 Å². The van der Waals surface area contributed by atoms with E-state index in [4.69, 9.17) is 9.47 Å². The number of nitrogens with zero attached hydrogens (tertiary/aromatic N) is 6. The van der Waals surface area contributed by atoms with E-state index in [9.17, 15) is 18.0 Å². The monoisotopic (exact) mass is 553 g/mol. The molecule has 10 nitrogen and oxygen atoms in total. The zero-order valence-corrected chi connectivity index (χ0v) is 22.2. The Hall–Kier alpha value is -3.29. The van der Waals surface area contributed by atoms with E-state index in [1.54, 1.807) is 27.9 Å². The Bertz CT molecular complexity index is 1260. The van der Waals surface area contributed by atoms with Crippen molar-refractivity contribution in [3.63, 3.8) is 0 Å². The average Bonchev–Trinajstić information content (AvgIpc) is 3.37. The number of carbonyl (C=O) groups excluding carboxylic acids is 1. The largest absolute Gasteiger partial charge is 0.494 e. The Kier molecular flexibility index (Phi) is 8.80. The number of ether oxygens (including phenoxy) is 2. The lowest BCUT2D eigenvalue weighted by atomic mass is 10.1. The second-order valence-electron chi connectivity index (χ2n) is 8.78. The van der Waals surface area contributed by atoms with Gasteiger partial charge in [-0.25, -0.2) is 19.3 Å². The number of urea groups is 1. The van der Waals surface area contributed by atoms with Gasteiger partial charge in [0.15, 0.2) is 0 Å². The second kappa shape index (κ2) is 12.0. The number of rotatable bonds is 4. The summed E-state index contributed by atoms with van der Waals surface area (Å²) in [4.78, 5) is 28.2. The van der Waals surface area contributed by atoms with Crippen LogP contribution in [0.15, 0.2) is 24.8 Å². The van der Waals surface area contributed by atoms with Gasteiger partial charge in [0.25, 0.3) is 5.88 Å². The number of thioether (sulfide) groups is 1. The Balaban J connectivity index is 1.72. The Morgan fingerprint density at radius 2 is 2.11 bits per heavy atom. The third kappa shape index (κ3) is 6.58. The fraction of sp³-hybridized carbons (Fsp3) is 0.542. The van der Waals surface area contributed by atoms with Crippen molar-refractivity contribution in [2.75, 3.05) is 31.8 Å². The Morgan fingerprint density at radius 1 is 1.29 bits per heavy atom. The van der Waals surface area contributed by atoms with Gasteiger partial charge in [-0.3, -0.25) is 4.98 Å². The van der Waals surface area contributed by atoms with Gasteiger partial charge in [-0.15, -0.1) is 0 Å². The summed E-state index contributed by atoms with van der Waals surface area (Å²) < 4.78 is 51.9. The highest BCUT2D eigenvalue weighted by Crippen LogP contribution is 2.33. The Morgan fingerprint density at radius 3 is 2.84 bits per heavy atom. The molecule has 0 saturated carbocycles. The molecule has 38 heavy (non-hydrogen) atoms. The number of nitrogens with one attached hydrogen (secondary N) is 1. The summed E-state index contributed by atoms with van der Waals surface area (Å²) >= 11 is 1.53. The lowest BCUT2D eigenvalue weighted by Crippen LogP contribution is -2.46. The van der Waals surface area contributed by atoms with Crippen molar-refractivity contribution in [3.05, 3.63) is 30.5 Å². The van der Waals surface area contributed by atoms with Gasteiger partial charge in [0.2, 0.25) is 5.65 Å². The maximum Gasteiger partial charge on any atom is 0.389 e. The molecule has 1 aliphatic heterocycles.